The number of carbonyl (C=O) groups is 1. The molecule has 26 heavy (non-hydrogen) atoms. The highest BCUT2D eigenvalue weighted by Gasteiger charge is 2.09. The van der Waals surface area contributed by atoms with Crippen LogP contribution in [0.2, 0.25) is 0 Å². The molecule has 2 heterocycles. The van der Waals surface area contributed by atoms with Crippen molar-refractivity contribution in [2.24, 2.45) is 0 Å². The molecular weight excluding hydrogens is 324 g/mol. The SMILES string of the molecule is Cc1ccc(CNC(=O)N[C@@H](C)c2ccc(-c3cccnc3)cc2)cn1. The number of benzene rings is 1. The Labute approximate surface area is 153 Å². The molecule has 0 saturated heterocycles. The largest absolute Gasteiger partial charge is 0.334 e. The Morgan fingerprint density at radius 2 is 1.85 bits per heavy atom. The summed E-state index contributed by atoms with van der Waals surface area (Å²) in [6.45, 7) is 4.35. The van der Waals surface area contributed by atoms with Crippen LogP contribution in [0.1, 0.15) is 29.8 Å². The monoisotopic (exact) mass is 346 g/mol. The van der Waals surface area contributed by atoms with E-state index < -0.39 is 0 Å². The molecule has 132 valence electrons. The van der Waals surface area contributed by atoms with E-state index in [1.165, 1.54) is 0 Å². The number of carbonyl (C=O) groups excluding carboxylic acids is 1. The van der Waals surface area contributed by atoms with Gasteiger partial charge >= 0.3 is 6.03 Å². The van der Waals surface area contributed by atoms with E-state index in [0.29, 0.717) is 6.54 Å². The quantitative estimate of drug-likeness (QED) is 0.733. The molecule has 1 aromatic carbocycles. The predicted molar refractivity (Wildman–Crippen MR) is 102 cm³/mol. The van der Waals surface area contributed by atoms with Crippen LogP contribution in [0.25, 0.3) is 11.1 Å². The fraction of sp³-hybridized carbons (Fsp3) is 0.190. The third kappa shape index (κ3) is 4.66. The van der Waals surface area contributed by atoms with Gasteiger partial charge in [0.05, 0.1) is 6.04 Å². The van der Waals surface area contributed by atoms with Crippen LogP contribution >= 0.6 is 0 Å². The fourth-order valence-corrected chi connectivity index (χ4v) is 2.61. The van der Waals surface area contributed by atoms with Crippen LogP contribution in [-0.2, 0) is 6.54 Å². The standard InChI is InChI=1S/C21H22N4O/c1-15-5-6-17(12-23-15)13-24-21(26)25-16(2)18-7-9-19(10-8-18)20-4-3-11-22-14-20/h3-12,14,16H,13H2,1-2H3,(H2,24,25,26)/t16-/m0/s1. The summed E-state index contributed by atoms with van der Waals surface area (Å²) in [5.41, 5.74) is 5.15. The molecule has 2 aromatic heterocycles. The Kier molecular flexibility index (Phi) is 5.59. The number of hydrogen-bond donors (Lipinski definition) is 2. The van der Waals surface area contributed by atoms with Crippen LogP contribution in [0.3, 0.4) is 0 Å². The highest BCUT2D eigenvalue weighted by atomic mass is 16.2. The maximum absolute atomic E-state index is 12.1. The van der Waals surface area contributed by atoms with Gasteiger partial charge in [-0.25, -0.2) is 4.79 Å². The van der Waals surface area contributed by atoms with Gasteiger partial charge < -0.3 is 10.6 Å². The molecule has 5 heteroatoms. The molecule has 2 N–H and O–H groups in total. The van der Waals surface area contributed by atoms with Crippen molar-refractivity contribution < 1.29 is 4.79 Å². The number of pyridine rings is 2. The van der Waals surface area contributed by atoms with Crippen molar-refractivity contribution in [3.63, 3.8) is 0 Å². The molecule has 3 aromatic rings. The molecule has 0 aliphatic rings. The second-order valence-corrected chi connectivity index (χ2v) is 6.22. The summed E-state index contributed by atoms with van der Waals surface area (Å²) in [6, 6.07) is 15.7. The normalized spacial score (nSPS) is 11.6. The van der Waals surface area contributed by atoms with Gasteiger partial charge in [-0.2, -0.15) is 0 Å². The minimum Gasteiger partial charge on any atom is -0.334 e. The fourth-order valence-electron chi connectivity index (χ4n) is 2.61. The lowest BCUT2D eigenvalue weighted by Gasteiger charge is -2.15. The number of nitrogens with one attached hydrogen (secondary N) is 2. The minimum absolute atomic E-state index is 0.0888. The summed E-state index contributed by atoms with van der Waals surface area (Å²) in [5.74, 6) is 0. The maximum Gasteiger partial charge on any atom is 0.315 e. The zero-order chi connectivity index (χ0) is 18.4. The van der Waals surface area contributed by atoms with Gasteiger partial charge in [0.2, 0.25) is 0 Å². The third-order valence-electron chi connectivity index (χ3n) is 4.18. The van der Waals surface area contributed by atoms with Gasteiger partial charge in [-0.1, -0.05) is 36.4 Å². The van der Waals surface area contributed by atoms with E-state index in [1.807, 2.05) is 68.6 Å². The summed E-state index contributed by atoms with van der Waals surface area (Å²) in [5, 5.41) is 5.81. The number of aromatic nitrogens is 2. The lowest BCUT2D eigenvalue weighted by Crippen LogP contribution is -2.36. The predicted octanol–water partition coefficient (Wildman–Crippen LogP) is 4.01. The summed E-state index contributed by atoms with van der Waals surface area (Å²) in [6.07, 6.45) is 5.37. The molecule has 0 fully saturated rings. The average molecular weight is 346 g/mol. The molecule has 5 nitrogen and oxygen atoms in total. The van der Waals surface area contributed by atoms with Gasteiger partial charge in [-0.3, -0.25) is 9.97 Å². The molecular formula is C21H22N4O. The molecule has 1 atom stereocenters. The third-order valence-corrected chi connectivity index (χ3v) is 4.18. The van der Waals surface area contributed by atoms with Crippen LogP contribution in [0.15, 0.2) is 67.1 Å². The van der Waals surface area contributed by atoms with E-state index in [9.17, 15) is 4.79 Å². The first kappa shape index (κ1) is 17.6. The summed E-state index contributed by atoms with van der Waals surface area (Å²) in [7, 11) is 0. The van der Waals surface area contributed by atoms with Gasteiger partial charge in [0.1, 0.15) is 0 Å². The van der Waals surface area contributed by atoms with Crippen molar-refractivity contribution in [1.82, 2.24) is 20.6 Å². The zero-order valence-corrected chi connectivity index (χ0v) is 14.9. The molecule has 0 spiro atoms. The van der Waals surface area contributed by atoms with Gasteiger partial charge in [0.25, 0.3) is 0 Å². The van der Waals surface area contributed by atoms with Crippen molar-refractivity contribution in [2.45, 2.75) is 26.4 Å². The van der Waals surface area contributed by atoms with Gasteiger partial charge in [0, 0.05) is 30.8 Å². The highest BCUT2D eigenvalue weighted by molar-refractivity contribution is 5.74. The van der Waals surface area contributed by atoms with Crippen molar-refractivity contribution in [1.29, 1.82) is 0 Å². The van der Waals surface area contributed by atoms with Crippen molar-refractivity contribution in [2.75, 3.05) is 0 Å². The summed E-state index contributed by atoms with van der Waals surface area (Å²) < 4.78 is 0. The van der Waals surface area contributed by atoms with E-state index in [2.05, 4.69) is 20.6 Å². The van der Waals surface area contributed by atoms with Crippen molar-refractivity contribution >= 4 is 6.03 Å². The number of urea groups is 1. The first-order valence-corrected chi connectivity index (χ1v) is 8.58. The second-order valence-electron chi connectivity index (χ2n) is 6.22. The Morgan fingerprint density at radius 3 is 2.50 bits per heavy atom. The topological polar surface area (TPSA) is 66.9 Å². The molecule has 0 aliphatic carbocycles. The van der Waals surface area contributed by atoms with Gasteiger partial charge in [0.15, 0.2) is 0 Å². The average Bonchev–Trinajstić information content (AvgIpc) is 2.68. The number of hydrogen-bond acceptors (Lipinski definition) is 3. The highest BCUT2D eigenvalue weighted by Crippen LogP contribution is 2.21. The van der Waals surface area contributed by atoms with E-state index in [-0.39, 0.29) is 12.1 Å². The van der Waals surface area contributed by atoms with E-state index in [1.54, 1.807) is 12.4 Å². The van der Waals surface area contributed by atoms with Crippen LogP contribution < -0.4 is 10.6 Å². The molecule has 0 unspecified atom stereocenters. The van der Waals surface area contributed by atoms with Crippen molar-refractivity contribution in [3.05, 3.63) is 83.9 Å². The van der Waals surface area contributed by atoms with E-state index in [4.69, 9.17) is 0 Å². The lowest BCUT2D eigenvalue weighted by atomic mass is 10.0. The minimum atomic E-state index is -0.200. The molecule has 0 radical (unpaired) electrons. The lowest BCUT2D eigenvalue weighted by molar-refractivity contribution is 0.237. The van der Waals surface area contributed by atoms with Crippen LogP contribution in [0, 0.1) is 6.92 Å². The van der Waals surface area contributed by atoms with E-state index in [0.717, 1.165) is 27.9 Å². The Hall–Kier alpha value is -3.21. The maximum atomic E-state index is 12.1. The molecule has 3 rings (SSSR count). The van der Waals surface area contributed by atoms with Gasteiger partial charge in [-0.05, 0) is 48.2 Å². The smallest absolute Gasteiger partial charge is 0.315 e. The summed E-state index contributed by atoms with van der Waals surface area (Å²) >= 11 is 0. The number of rotatable bonds is 5. The molecule has 0 aliphatic heterocycles. The molecule has 0 bridgehead atoms. The van der Waals surface area contributed by atoms with Gasteiger partial charge in [-0.15, -0.1) is 0 Å². The van der Waals surface area contributed by atoms with Crippen LogP contribution in [0.5, 0.6) is 0 Å². The molecule has 2 amide bonds. The number of nitrogens with zero attached hydrogens (tertiary/aromatic N) is 2. The van der Waals surface area contributed by atoms with Crippen molar-refractivity contribution in [3.8, 4) is 11.1 Å². The van der Waals surface area contributed by atoms with E-state index >= 15 is 0 Å². The summed E-state index contributed by atoms with van der Waals surface area (Å²) in [4.78, 5) is 20.5. The molecule has 0 saturated carbocycles. The van der Waals surface area contributed by atoms with Crippen LogP contribution in [-0.4, -0.2) is 16.0 Å². The first-order valence-electron chi connectivity index (χ1n) is 8.58. The first-order chi connectivity index (χ1) is 12.6. The Bertz CT molecular complexity index is 845. The Morgan fingerprint density at radius 1 is 1.04 bits per heavy atom. The number of amides is 2. The Balaban J connectivity index is 1.54. The zero-order valence-electron chi connectivity index (χ0n) is 14.9. The van der Waals surface area contributed by atoms with Crippen LogP contribution in [0.4, 0.5) is 4.79 Å². The number of aryl methyl sites for hydroxylation is 1. The second kappa shape index (κ2) is 8.25.